The first kappa shape index (κ1) is 19.8. The second-order valence-electron chi connectivity index (χ2n) is 4.77. The normalized spacial score (nSPS) is 10.7. The van der Waals surface area contributed by atoms with Crippen LogP contribution in [-0.2, 0) is 4.79 Å². The number of carbonyl (C=O) groups excluding carboxylic acids is 1. The molecule has 2 rings (SSSR count). The molecule has 1 amide bonds. The van der Waals surface area contributed by atoms with Crippen LogP contribution in [0, 0.1) is 0 Å². The van der Waals surface area contributed by atoms with E-state index in [9.17, 15) is 4.79 Å². The van der Waals surface area contributed by atoms with E-state index in [0.29, 0.717) is 23.1 Å². The molecule has 0 radical (unpaired) electrons. The summed E-state index contributed by atoms with van der Waals surface area (Å²) in [6.07, 6.45) is 1.51. The van der Waals surface area contributed by atoms with Crippen LogP contribution in [-0.4, -0.2) is 25.3 Å². The number of hydrazone groups is 1. The number of hydrogen-bond donors (Lipinski definition) is 1. The molecule has 5 nitrogen and oxygen atoms in total. The largest absolute Gasteiger partial charge is 0.492 e. The van der Waals surface area contributed by atoms with E-state index in [1.54, 1.807) is 24.3 Å². The highest BCUT2D eigenvalue weighted by atomic mass is 79.9. The van der Waals surface area contributed by atoms with E-state index in [0.717, 1.165) is 14.5 Å². The second-order valence-corrected chi connectivity index (χ2v) is 6.98. The summed E-state index contributed by atoms with van der Waals surface area (Å²) in [7, 11) is 0. The third kappa shape index (κ3) is 6.34. The molecule has 0 aliphatic carbocycles. The van der Waals surface area contributed by atoms with Crippen molar-refractivity contribution in [1.82, 2.24) is 5.43 Å². The lowest BCUT2D eigenvalue weighted by Crippen LogP contribution is -2.24. The lowest BCUT2D eigenvalue weighted by atomic mass is 10.2. The fraction of sp³-hybridized carbons (Fsp3) is 0.176. The van der Waals surface area contributed by atoms with E-state index in [1.165, 1.54) is 6.21 Å². The van der Waals surface area contributed by atoms with E-state index >= 15 is 0 Å². The van der Waals surface area contributed by atoms with Crippen molar-refractivity contribution in [2.75, 3.05) is 13.2 Å². The van der Waals surface area contributed by atoms with E-state index in [2.05, 4.69) is 42.4 Å². The predicted octanol–water partition coefficient (Wildman–Crippen LogP) is 4.79. The van der Waals surface area contributed by atoms with Crippen molar-refractivity contribution in [2.45, 2.75) is 6.92 Å². The Hall–Kier alpha value is -1.57. The van der Waals surface area contributed by atoms with Gasteiger partial charge in [-0.25, -0.2) is 5.43 Å². The van der Waals surface area contributed by atoms with Crippen molar-refractivity contribution in [3.63, 3.8) is 0 Å². The Morgan fingerprint density at radius 2 is 1.96 bits per heavy atom. The van der Waals surface area contributed by atoms with Crippen molar-refractivity contribution < 1.29 is 14.3 Å². The maximum Gasteiger partial charge on any atom is 0.277 e. The SMILES string of the molecule is CCOc1c(Br)cc(Br)cc1/C=N/NC(=O)COc1ccc(Cl)cc1. The Bertz CT molecular complexity index is 767. The van der Waals surface area contributed by atoms with Crippen LogP contribution in [0.1, 0.15) is 12.5 Å². The quantitative estimate of drug-likeness (QED) is 0.448. The molecule has 0 aliphatic rings. The number of nitrogens with one attached hydrogen (secondary N) is 1. The van der Waals surface area contributed by atoms with Crippen molar-refractivity contribution in [3.05, 3.63) is 55.9 Å². The maximum atomic E-state index is 11.8. The van der Waals surface area contributed by atoms with Crippen molar-refractivity contribution >= 4 is 55.6 Å². The number of benzene rings is 2. The summed E-state index contributed by atoms with van der Waals surface area (Å²) in [6.45, 7) is 2.26. The highest BCUT2D eigenvalue weighted by Crippen LogP contribution is 2.32. The van der Waals surface area contributed by atoms with Gasteiger partial charge in [0.2, 0.25) is 0 Å². The summed E-state index contributed by atoms with van der Waals surface area (Å²) < 4.78 is 12.6. The number of carbonyl (C=O) groups is 1. The lowest BCUT2D eigenvalue weighted by molar-refractivity contribution is -0.123. The average molecular weight is 491 g/mol. The van der Waals surface area contributed by atoms with Crippen LogP contribution in [0.3, 0.4) is 0 Å². The Labute approximate surface area is 167 Å². The average Bonchev–Trinajstić information content (AvgIpc) is 2.57. The molecule has 0 atom stereocenters. The maximum absolute atomic E-state index is 11.8. The molecule has 1 N–H and O–H groups in total. The van der Waals surface area contributed by atoms with Crippen LogP contribution in [0.5, 0.6) is 11.5 Å². The fourth-order valence-corrected chi connectivity index (χ4v) is 3.36. The number of nitrogens with zero attached hydrogens (tertiary/aromatic N) is 1. The Morgan fingerprint density at radius 3 is 2.64 bits per heavy atom. The van der Waals surface area contributed by atoms with Gasteiger partial charge in [0.15, 0.2) is 6.61 Å². The van der Waals surface area contributed by atoms with Gasteiger partial charge in [0, 0.05) is 15.1 Å². The molecular formula is C17H15Br2ClN2O3. The Kier molecular flexibility index (Phi) is 7.74. The number of halogens is 3. The molecular weight excluding hydrogens is 475 g/mol. The molecule has 0 aliphatic heterocycles. The molecule has 0 heterocycles. The van der Waals surface area contributed by atoms with Gasteiger partial charge >= 0.3 is 0 Å². The van der Waals surface area contributed by atoms with Gasteiger partial charge in [0.25, 0.3) is 5.91 Å². The zero-order chi connectivity index (χ0) is 18.2. The van der Waals surface area contributed by atoms with Gasteiger partial charge in [0.05, 0.1) is 17.3 Å². The summed E-state index contributed by atoms with van der Waals surface area (Å²) in [5.74, 6) is 0.831. The second kappa shape index (κ2) is 9.79. The van der Waals surface area contributed by atoms with E-state index in [4.69, 9.17) is 21.1 Å². The lowest BCUT2D eigenvalue weighted by Gasteiger charge is -2.10. The monoisotopic (exact) mass is 488 g/mol. The third-order valence-corrected chi connectivity index (χ3v) is 4.20. The number of amides is 1. The van der Waals surface area contributed by atoms with Crippen LogP contribution in [0.4, 0.5) is 0 Å². The van der Waals surface area contributed by atoms with Gasteiger partial charge in [-0.3, -0.25) is 4.79 Å². The minimum absolute atomic E-state index is 0.153. The van der Waals surface area contributed by atoms with Crippen molar-refractivity contribution in [3.8, 4) is 11.5 Å². The van der Waals surface area contributed by atoms with E-state index in [-0.39, 0.29) is 12.5 Å². The van der Waals surface area contributed by atoms with E-state index in [1.807, 2.05) is 19.1 Å². The molecule has 25 heavy (non-hydrogen) atoms. The first-order valence-electron chi connectivity index (χ1n) is 7.31. The molecule has 0 unspecified atom stereocenters. The van der Waals surface area contributed by atoms with Gasteiger partial charge in [-0.05, 0) is 59.3 Å². The number of ether oxygens (including phenoxy) is 2. The summed E-state index contributed by atoms with van der Waals surface area (Å²) in [5, 5.41) is 4.55. The summed E-state index contributed by atoms with van der Waals surface area (Å²) in [5.41, 5.74) is 3.14. The Balaban J connectivity index is 1.93. The van der Waals surface area contributed by atoms with E-state index < -0.39 is 0 Å². The number of rotatable bonds is 7. The zero-order valence-corrected chi connectivity index (χ0v) is 17.2. The van der Waals surface area contributed by atoms with Crippen LogP contribution in [0.15, 0.2) is 50.4 Å². The highest BCUT2D eigenvalue weighted by Gasteiger charge is 2.08. The molecule has 0 saturated carbocycles. The standard InChI is InChI=1S/C17H15Br2ClN2O3/c1-2-24-17-11(7-12(18)8-15(17)19)9-21-22-16(23)10-25-14-5-3-13(20)4-6-14/h3-9H,2,10H2,1H3,(H,22,23)/b21-9+. The first-order valence-corrected chi connectivity index (χ1v) is 9.28. The predicted molar refractivity (Wildman–Crippen MR) is 106 cm³/mol. The summed E-state index contributed by atoms with van der Waals surface area (Å²) in [4.78, 5) is 11.8. The molecule has 0 bridgehead atoms. The van der Waals surface area contributed by atoms with Crippen LogP contribution in [0.2, 0.25) is 5.02 Å². The Morgan fingerprint density at radius 1 is 1.24 bits per heavy atom. The molecule has 2 aromatic rings. The minimum Gasteiger partial charge on any atom is -0.492 e. The highest BCUT2D eigenvalue weighted by molar-refractivity contribution is 9.11. The molecule has 8 heteroatoms. The third-order valence-electron chi connectivity index (χ3n) is 2.90. The summed E-state index contributed by atoms with van der Waals surface area (Å²) >= 11 is 12.6. The number of hydrogen-bond acceptors (Lipinski definition) is 4. The molecule has 2 aromatic carbocycles. The molecule has 0 aromatic heterocycles. The zero-order valence-electron chi connectivity index (χ0n) is 13.3. The van der Waals surface area contributed by atoms with Crippen LogP contribution < -0.4 is 14.9 Å². The fourth-order valence-electron chi connectivity index (χ4n) is 1.86. The van der Waals surface area contributed by atoms with Crippen molar-refractivity contribution in [1.29, 1.82) is 0 Å². The van der Waals surface area contributed by atoms with Gasteiger partial charge in [-0.1, -0.05) is 27.5 Å². The smallest absolute Gasteiger partial charge is 0.277 e. The summed E-state index contributed by atoms with van der Waals surface area (Å²) in [6, 6.07) is 10.5. The van der Waals surface area contributed by atoms with Crippen LogP contribution in [0.25, 0.3) is 0 Å². The van der Waals surface area contributed by atoms with Gasteiger partial charge in [-0.2, -0.15) is 5.10 Å². The molecule has 0 saturated heterocycles. The van der Waals surface area contributed by atoms with Crippen LogP contribution >= 0.6 is 43.5 Å². The minimum atomic E-state index is -0.377. The van der Waals surface area contributed by atoms with Crippen molar-refractivity contribution in [2.24, 2.45) is 5.10 Å². The molecule has 132 valence electrons. The topological polar surface area (TPSA) is 59.9 Å². The molecule has 0 fully saturated rings. The van der Waals surface area contributed by atoms with Gasteiger partial charge in [-0.15, -0.1) is 0 Å². The van der Waals surface area contributed by atoms with Gasteiger partial charge in [0.1, 0.15) is 11.5 Å². The molecule has 0 spiro atoms. The first-order chi connectivity index (χ1) is 12.0. The van der Waals surface area contributed by atoms with Gasteiger partial charge < -0.3 is 9.47 Å².